The van der Waals surface area contributed by atoms with Crippen molar-refractivity contribution < 1.29 is 12.8 Å². The molecular formula is C12H8Br2FNO2S. The zero-order valence-electron chi connectivity index (χ0n) is 9.40. The van der Waals surface area contributed by atoms with E-state index in [1.807, 2.05) is 0 Å². The van der Waals surface area contributed by atoms with Gasteiger partial charge in [-0.1, -0.05) is 28.1 Å². The number of hydrogen-bond acceptors (Lipinski definition) is 2. The molecule has 0 aliphatic heterocycles. The summed E-state index contributed by atoms with van der Waals surface area (Å²) >= 11 is 6.30. The summed E-state index contributed by atoms with van der Waals surface area (Å²) in [4.78, 5) is 0.0528. The molecule has 2 rings (SSSR count). The first-order valence-corrected chi connectivity index (χ1v) is 8.19. The smallest absolute Gasteiger partial charge is 0.262 e. The minimum absolute atomic E-state index is 0.0528. The SMILES string of the molecule is O=S(=O)(Nc1c(F)cccc1Br)c1cccc(Br)c1. The van der Waals surface area contributed by atoms with Crippen molar-refractivity contribution in [1.29, 1.82) is 0 Å². The van der Waals surface area contributed by atoms with E-state index < -0.39 is 15.8 Å². The Kier molecular flexibility index (Phi) is 4.27. The third-order valence-electron chi connectivity index (χ3n) is 2.31. The molecule has 0 bridgehead atoms. The molecule has 0 spiro atoms. The van der Waals surface area contributed by atoms with Gasteiger partial charge in [0.25, 0.3) is 10.0 Å². The van der Waals surface area contributed by atoms with Crippen LogP contribution in [0, 0.1) is 5.82 Å². The summed E-state index contributed by atoms with van der Waals surface area (Å²) in [7, 11) is -3.83. The van der Waals surface area contributed by atoms with Crippen LogP contribution in [0.15, 0.2) is 56.3 Å². The normalized spacial score (nSPS) is 11.3. The molecule has 0 aromatic heterocycles. The second kappa shape index (κ2) is 5.60. The van der Waals surface area contributed by atoms with Gasteiger partial charge in [-0.05, 0) is 46.3 Å². The maximum absolute atomic E-state index is 13.6. The summed E-state index contributed by atoms with van der Waals surface area (Å²) in [6.45, 7) is 0. The molecule has 7 heteroatoms. The molecule has 0 unspecified atom stereocenters. The summed E-state index contributed by atoms with van der Waals surface area (Å²) in [5.41, 5.74) is -0.109. The number of sulfonamides is 1. The monoisotopic (exact) mass is 407 g/mol. The first-order valence-electron chi connectivity index (χ1n) is 5.12. The van der Waals surface area contributed by atoms with Crippen LogP contribution in [0.2, 0.25) is 0 Å². The minimum Gasteiger partial charge on any atom is -0.275 e. The molecule has 0 aliphatic carbocycles. The molecule has 0 saturated heterocycles. The van der Waals surface area contributed by atoms with Crippen molar-refractivity contribution in [3.63, 3.8) is 0 Å². The van der Waals surface area contributed by atoms with Crippen molar-refractivity contribution in [2.75, 3.05) is 4.72 Å². The van der Waals surface area contributed by atoms with E-state index in [1.54, 1.807) is 18.2 Å². The van der Waals surface area contributed by atoms with Gasteiger partial charge in [0.2, 0.25) is 0 Å². The third kappa shape index (κ3) is 3.34. The van der Waals surface area contributed by atoms with E-state index in [-0.39, 0.29) is 10.6 Å². The number of anilines is 1. The van der Waals surface area contributed by atoms with Crippen LogP contribution in [-0.4, -0.2) is 8.42 Å². The van der Waals surface area contributed by atoms with Crippen molar-refractivity contribution in [2.45, 2.75) is 4.90 Å². The lowest BCUT2D eigenvalue weighted by molar-refractivity contribution is 0.598. The van der Waals surface area contributed by atoms with E-state index in [0.717, 1.165) is 0 Å². The number of nitrogens with one attached hydrogen (secondary N) is 1. The fourth-order valence-corrected chi connectivity index (χ4v) is 3.68. The minimum atomic E-state index is -3.83. The van der Waals surface area contributed by atoms with Crippen LogP contribution < -0.4 is 4.72 Å². The molecule has 0 saturated carbocycles. The maximum Gasteiger partial charge on any atom is 0.262 e. The van der Waals surface area contributed by atoms with Crippen molar-refractivity contribution in [2.24, 2.45) is 0 Å². The molecule has 19 heavy (non-hydrogen) atoms. The van der Waals surface area contributed by atoms with Crippen LogP contribution in [0.25, 0.3) is 0 Å². The number of hydrogen-bond donors (Lipinski definition) is 1. The molecular weight excluding hydrogens is 401 g/mol. The van der Waals surface area contributed by atoms with Gasteiger partial charge in [0, 0.05) is 8.95 Å². The zero-order chi connectivity index (χ0) is 14.0. The topological polar surface area (TPSA) is 46.2 Å². The Balaban J connectivity index is 2.42. The lowest BCUT2D eigenvalue weighted by Gasteiger charge is -2.10. The summed E-state index contributed by atoms with van der Waals surface area (Å²) in [5, 5.41) is 0. The highest BCUT2D eigenvalue weighted by atomic mass is 79.9. The Hall–Kier alpha value is -0.920. The van der Waals surface area contributed by atoms with Gasteiger partial charge in [0.1, 0.15) is 5.82 Å². The highest BCUT2D eigenvalue weighted by Crippen LogP contribution is 2.28. The van der Waals surface area contributed by atoms with Crippen LogP contribution >= 0.6 is 31.9 Å². The second-order valence-electron chi connectivity index (χ2n) is 3.66. The third-order valence-corrected chi connectivity index (χ3v) is 4.81. The number of halogens is 3. The zero-order valence-corrected chi connectivity index (χ0v) is 13.4. The standard InChI is InChI=1S/C12H8Br2FNO2S/c13-8-3-1-4-9(7-8)19(17,18)16-12-10(14)5-2-6-11(12)15/h1-7,16H. The fourth-order valence-electron chi connectivity index (χ4n) is 1.42. The van der Waals surface area contributed by atoms with Gasteiger partial charge in [0.15, 0.2) is 0 Å². The first kappa shape index (κ1) is 14.5. The first-order chi connectivity index (χ1) is 8.90. The van der Waals surface area contributed by atoms with E-state index in [4.69, 9.17) is 0 Å². The molecule has 0 radical (unpaired) electrons. The highest BCUT2D eigenvalue weighted by Gasteiger charge is 2.18. The molecule has 0 amide bonds. The Morgan fingerprint density at radius 2 is 1.74 bits per heavy atom. The molecule has 0 heterocycles. The Morgan fingerprint density at radius 3 is 2.37 bits per heavy atom. The summed E-state index contributed by atoms with van der Waals surface area (Å²) in [6, 6.07) is 10.4. The summed E-state index contributed by atoms with van der Waals surface area (Å²) in [6.07, 6.45) is 0. The molecule has 100 valence electrons. The molecule has 3 nitrogen and oxygen atoms in total. The Bertz CT molecular complexity index is 699. The van der Waals surface area contributed by atoms with Gasteiger partial charge in [-0.3, -0.25) is 4.72 Å². The Morgan fingerprint density at radius 1 is 1.05 bits per heavy atom. The van der Waals surface area contributed by atoms with Crippen LogP contribution in [0.3, 0.4) is 0 Å². The lowest BCUT2D eigenvalue weighted by Crippen LogP contribution is -2.14. The van der Waals surface area contributed by atoms with Crippen LogP contribution in [-0.2, 0) is 10.0 Å². The van der Waals surface area contributed by atoms with E-state index in [9.17, 15) is 12.8 Å². The quantitative estimate of drug-likeness (QED) is 0.828. The van der Waals surface area contributed by atoms with E-state index in [1.165, 1.54) is 24.3 Å². The van der Waals surface area contributed by atoms with Gasteiger partial charge in [-0.15, -0.1) is 0 Å². The van der Waals surface area contributed by atoms with Gasteiger partial charge < -0.3 is 0 Å². The van der Waals surface area contributed by atoms with Gasteiger partial charge in [-0.2, -0.15) is 0 Å². The largest absolute Gasteiger partial charge is 0.275 e. The van der Waals surface area contributed by atoms with Gasteiger partial charge in [0.05, 0.1) is 10.6 Å². The molecule has 0 aliphatic rings. The number of rotatable bonds is 3. The average molecular weight is 409 g/mol. The van der Waals surface area contributed by atoms with Crippen molar-refractivity contribution in [3.8, 4) is 0 Å². The Labute approximate surface area is 127 Å². The predicted octanol–water partition coefficient (Wildman–Crippen LogP) is 4.15. The van der Waals surface area contributed by atoms with Gasteiger partial charge >= 0.3 is 0 Å². The predicted molar refractivity (Wildman–Crippen MR) is 79.1 cm³/mol. The average Bonchev–Trinajstić information content (AvgIpc) is 2.34. The van der Waals surface area contributed by atoms with E-state index >= 15 is 0 Å². The fraction of sp³-hybridized carbons (Fsp3) is 0. The second-order valence-corrected chi connectivity index (χ2v) is 7.11. The van der Waals surface area contributed by atoms with Crippen molar-refractivity contribution >= 4 is 47.6 Å². The summed E-state index contributed by atoms with van der Waals surface area (Å²) < 4.78 is 41.1. The van der Waals surface area contributed by atoms with E-state index in [0.29, 0.717) is 8.95 Å². The molecule has 1 N–H and O–H groups in total. The summed E-state index contributed by atoms with van der Waals surface area (Å²) in [5.74, 6) is -0.645. The van der Waals surface area contributed by atoms with Crippen molar-refractivity contribution in [1.82, 2.24) is 0 Å². The van der Waals surface area contributed by atoms with Crippen LogP contribution in [0.5, 0.6) is 0 Å². The highest BCUT2D eigenvalue weighted by molar-refractivity contribution is 9.10. The number of para-hydroxylation sites is 1. The molecule has 2 aromatic rings. The lowest BCUT2D eigenvalue weighted by atomic mass is 10.3. The molecule has 2 aromatic carbocycles. The van der Waals surface area contributed by atoms with Crippen LogP contribution in [0.1, 0.15) is 0 Å². The van der Waals surface area contributed by atoms with Crippen molar-refractivity contribution in [3.05, 3.63) is 57.2 Å². The maximum atomic E-state index is 13.6. The van der Waals surface area contributed by atoms with Crippen LogP contribution in [0.4, 0.5) is 10.1 Å². The molecule has 0 atom stereocenters. The van der Waals surface area contributed by atoms with E-state index in [2.05, 4.69) is 36.6 Å². The number of benzene rings is 2. The van der Waals surface area contributed by atoms with Gasteiger partial charge in [-0.25, -0.2) is 12.8 Å². The molecule has 0 fully saturated rings.